The van der Waals surface area contributed by atoms with E-state index in [0.29, 0.717) is 0 Å². The maximum absolute atomic E-state index is 8.49. The van der Waals surface area contributed by atoms with Gasteiger partial charge in [0, 0.05) is 57.5 Å². The monoisotopic (exact) mass is 772 g/mol. The summed E-state index contributed by atoms with van der Waals surface area (Å²) in [4.78, 5) is 2.53. The lowest BCUT2D eigenvalue weighted by molar-refractivity contribution is -2.00. The van der Waals surface area contributed by atoms with Gasteiger partial charge in [0.05, 0.1) is 5.41 Å². The first-order chi connectivity index (χ1) is 24.6. The van der Waals surface area contributed by atoms with Gasteiger partial charge >= 0.3 is 0 Å². The minimum atomic E-state index is -4.94. The standard InChI is InChI=1S/C43H59Cl2N2.ClHO4/c1-7-9-11-13-18-22-30-46-38-28-26-34(44)32-36(38)42(3,4)40(46)24-20-16-15-17-21-25-41-43(5,6)37-33-35(45)27-29-39(37)47(41)31-23-19-14-12-10-8-2;2-1(3,4)5/h15-17,20-21,24-29,32-33H,7-14,18-19,22-23,30-31H2,1-6H3;(H,2,3,4,5)/q+1;/p-1. The third-order valence-corrected chi connectivity index (χ3v) is 10.6. The number of benzene rings is 2. The molecule has 52 heavy (non-hydrogen) atoms. The van der Waals surface area contributed by atoms with Crippen LogP contribution in [0, 0.1) is 10.2 Å². The predicted octanol–water partition coefficient (Wildman–Crippen LogP) is 8.68. The molecule has 0 atom stereocenters. The molecular formula is C43H59Cl3N2O4. The van der Waals surface area contributed by atoms with Gasteiger partial charge in [-0.2, -0.15) is 4.58 Å². The molecule has 0 amide bonds. The minimum absolute atomic E-state index is 0.0988. The minimum Gasteiger partial charge on any atom is -0.344 e. The SMILES string of the molecule is CCCCCCCCN1C(=CC=CC=CC=CC2=[N+](CCCCCCCC)c3ccc(Cl)cc3C2(C)C)C(C)(C)c2cc(Cl)ccc21.[O-][Cl+3]([O-])([O-])[O-]. The average Bonchev–Trinajstić information content (AvgIpc) is 3.40. The van der Waals surface area contributed by atoms with Gasteiger partial charge in [-0.3, -0.25) is 0 Å². The Morgan fingerprint density at radius 1 is 0.654 bits per heavy atom. The van der Waals surface area contributed by atoms with E-state index in [-0.39, 0.29) is 10.8 Å². The smallest absolute Gasteiger partial charge is 0.209 e. The number of rotatable bonds is 18. The Balaban J connectivity index is 0.00000136. The summed E-state index contributed by atoms with van der Waals surface area (Å²) < 4.78 is 36.5. The van der Waals surface area contributed by atoms with Gasteiger partial charge in [-0.05, 0) is 68.7 Å². The van der Waals surface area contributed by atoms with Crippen LogP contribution in [0.15, 0.2) is 84.6 Å². The molecule has 0 fully saturated rings. The van der Waals surface area contributed by atoms with E-state index < -0.39 is 10.2 Å². The van der Waals surface area contributed by atoms with E-state index in [2.05, 4.69) is 118 Å². The zero-order valence-electron chi connectivity index (χ0n) is 32.1. The van der Waals surface area contributed by atoms with Crippen LogP contribution in [-0.2, 0) is 10.8 Å². The number of hydrogen-bond donors (Lipinski definition) is 0. The van der Waals surface area contributed by atoms with E-state index in [1.807, 2.05) is 12.1 Å². The summed E-state index contributed by atoms with van der Waals surface area (Å²) >= 11 is 12.9. The predicted molar refractivity (Wildman–Crippen MR) is 208 cm³/mol. The number of hydrogen-bond acceptors (Lipinski definition) is 5. The molecular weight excluding hydrogens is 715 g/mol. The van der Waals surface area contributed by atoms with Crippen LogP contribution in [0.2, 0.25) is 10.0 Å². The normalized spacial score (nSPS) is 17.2. The number of fused-ring (bicyclic) bond motifs is 2. The van der Waals surface area contributed by atoms with Crippen molar-refractivity contribution in [3.8, 4) is 0 Å². The van der Waals surface area contributed by atoms with Crippen LogP contribution in [0.4, 0.5) is 11.4 Å². The van der Waals surface area contributed by atoms with E-state index in [0.717, 1.165) is 23.1 Å². The summed E-state index contributed by atoms with van der Waals surface area (Å²) in [6, 6.07) is 12.8. The summed E-state index contributed by atoms with van der Waals surface area (Å²) in [5.74, 6) is 0. The quantitative estimate of drug-likeness (QED) is 0.0858. The van der Waals surface area contributed by atoms with Crippen molar-refractivity contribution < 1.29 is 33.5 Å². The zero-order chi connectivity index (χ0) is 38.4. The Labute approximate surface area is 325 Å². The highest BCUT2D eigenvalue weighted by atomic mass is 35.7. The topological polar surface area (TPSA) is 98.5 Å². The lowest BCUT2D eigenvalue weighted by Crippen LogP contribution is -2.68. The van der Waals surface area contributed by atoms with Crippen molar-refractivity contribution in [1.29, 1.82) is 0 Å². The first-order valence-electron chi connectivity index (χ1n) is 19.0. The third-order valence-electron chi connectivity index (χ3n) is 10.1. The summed E-state index contributed by atoms with van der Waals surface area (Å²) in [5.41, 5.74) is 7.72. The Kier molecular flexibility index (Phi) is 17.7. The van der Waals surface area contributed by atoms with Gasteiger partial charge < -0.3 is 4.90 Å². The number of unbranched alkanes of at least 4 members (excludes halogenated alkanes) is 10. The Morgan fingerprint density at radius 2 is 1.17 bits per heavy atom. The van der Waals surface area contributed by atoms with Gasteiger partial charge in [0.15, 0.2) is 5.71 Å². The van der Waals surface area contributed by atoms with E-state index in [4.69, 9.17) is 41.8 Å². The second-order valence-electron chi connectivity index (χ2n) is 14.9. The lowest BCUT2D eigenvalue weighted by atomic mass is 9.81. The number of nitrogens with zero attached hydrogens (tertiary/aromatic N) is 2. The second-order valence-corrected chi connectivity index (χ2v) is 16.5. The number of halogens is 3. The molecule has 2 aromatic carbocycles. The maximum Gasteiger partial charge on any atom is 0.209 e. The molecule has 2 heterocycles. The van der Waals surface area contributed by atoms with Crippen LogP contribution < -0.4 is 23.5 Å². The van der Waals surface area contributed by atoms with Gasteiger partial charge in [0.1, 0.15) is 6.54 Å². The maximum atomic E-state index is 8.49. The fourth-order valence-electron chi connectivity index (χ4n) is 7.36. The van der Waals surface area contributed by atoms with Crippen molar-refractivity contribution in [2.45, 2.75) is 129 Å². The molecule has 0 spiro atoms. The van der Waals surface area contributed by atoms with Gasteiger partial charge in [0.2, 0.25) is 5.69 Å². The third kappa shape index (κ3) is 12.9. The Morgan fingerprint density at radius 3 is 1.81 bits per heavy atom. The van der Waals surface area contributed by atoms with Crippen molar-refractivity contribution in [2.75, 3.05) is 18.0 Å². The van der Waals surface area contributed by atoms with Crippen LogP contribution in [0.25, 0.3) is 0 Å². The second kappa shape index (κ2) is 20.9. The van der Waals surface area contributed by atoms with Crippen LogP contribution in [-0.4, -0.2) is 23.4 Å². The Bertz CT molecular complexity index is 1600. The van der Waals surface area contributed by atoms with Crippen LogP contribution in [0.3, 0.4) is 0 Å². The molecule has 0 aromatic heterocycles. The molecule has 9 heteroatoms. The molecule has 2 aliphatic rings. The fraction of sp³-hybridized carbons (Fsp3) is 0.512. The van der Waals surface area contributed by atoms with E-state index >= 15 is 0 Å². The largest absolute Gasteiger partial charge is 0.344 e. The van der Waals surface area contributed by atoms with Crippen LogP contribution in [0.1, 0.15) is 130 Å². The Hall–Kier alpha value is -2.42. The molecule has 0 bridgehead atoms. The first-order valence-corrected chi connectivity index (χ1v) is 21.0. The first kappa shape index (κ1) is 44.0. The summed E-state index contributed by atoms with van der Waals surface area (Å²) in [7, 11) is -4.94. The van der Waals surface area contributed by atoms with Crippen molar-refractivity contribution in [3.05, 3.63) is 106 Å². The molecule has 0 radical (unpaired) electrons. The zero-order valence-corrected chi connectivity index (χ0v) is 34.3. The van der Waals surface area contributed by atoms with Crippen molar-refractivity contribution in [3.63, 3.8) is 0 Å². The molecule has 0 unspecified atom stereocenters. The molecule has 0 aliphatic carbocycles. The molecule has 0 saturated heterocycles. The van der Waals surface area contributed by atoms with Gasteiger partial charge in [0.25, 0.3) is 0 Å². The lowest BCUT2D eigenvalue weighted by Gasteiger charge is -2.27. The highest BCUT2D eigenvalue weighted by Crippen LogP contribution is 2.48. The summed E-state index contributed by atoms with van der Waals surface area (Å²) in [5, 5.41) is 1.62. The molecule has 6 nitrogen and oxygen atoms in total. The van der Waals surface area contributed by atoms with Crippen molar-refractivity contribution in [1.82, 2.24) is 0 Å². The van der Waals surface area contributed by atoms with Crippen LogP contribution >= 0.6 is 23.2 Å². The molecule has 2 aromatic rings. The summed E-state index contributed by atoms with van der Waals surface area (Å²) in [6.45, 7) is 15.9. The van der Waals surface area contributed by atoms with Crippen molar-refractivity contribution >= 4 is 40.3 Å². The van der Waals surface area contributed by atoms with Crippen LogP contribution in [0.5, 0.6) is 0 Å². The highest BCUT2D eigenvalue weighted by Gasteiger charge is 2.44. The van der Waals surface area contributed by atoms with Crippen molar-refractivity contribution in [2.24, 2.45) is 0 Å². The molecule has 0 N–H and O–H groups in total. The molecule has 286 valence electrons. The summed E-state index contributed by atoms with van der Waals surface area (Å²) in [6.07, 6.45) is 31.0. The molecule has 2 aliphatic heterocycles. The van der Waals surface area contributed by atoms with Gasteiger partial charge in [-0.25, -0.2) is 18.6 Å². The fourth-order valence-corrected chi connectivity index (χ4v) is 7.71. The number of allylic oxidation sites excluding steroid dienone is 8. The average molecular weight is 774 g/mol. The van der Waals surface area contributed by atoms with E-state index in [9.17, 15) is 0 Å². The van der Waals surface area contributed by atoms with E-state index in [1.54, 1.807) is 0 Å². The molecule has 4 rings (SSSR count). The molecule has 0 saturated carbocycles. The van der Waals surface area contributed by atoms with Gasteiger partial charge in [-0.1, -0.05) is 139 Å². The highest BCUT2D eigenvalue weighted by molar-refractivity contribution is 6.31. The number of anilines is 1. The van der Waals surface area contributed by atoms with E-state index in [1.165, 1.54) is 111 Å². The van der Waals surface area contributed by atoms with Gasteiger partial charge in [-0.15, -0.1) is 10.2 Å².